The van der Waals surface area contributed by atoms with Crippen molar-refractivity contribution in [1.29, 1.82) is 0 Å². The molecule has 12 heavy (non-hydrogen) atoms. The monoisotopic (exact) mass is 222 g/mol. The SMILES string of the molecule is BrC(C1=CC=CC1)C1=CC=CC1. The lowest BCUT2D eigenvalue weighted by molar-refractivity contribution is 1.06. The van der Waals surface area contributed by atoms with E-state index in [-0.39, 0.29) is 0 Å². The lowest BCUT2D eigenvalue weighted by atomic mass is 10.0. The Morgan fingerprint density at radius 2 is 1.50 bits per heavy atom. The van der Waals surface area contributed by atoms with Crippen LogP contribution in [0.3, 0.4) is 0 Å². The minimum atomic E-state index is 0.461. The highest BCUT2D eigenvalue weighted by Gasteiger charge is 2.16. The highest BCUT2D eigenvalue weighted by molar-refractivity contribution is 9.09. The Morgan fingerprint density at radius 1 is 1.00 bits per heavy atom. The number of rotatable bonds is 2. The molecule has 2 rings (SSSR count). The van der Waals surface area contributed by atoms with E-state index in [1.807, 2.05) is 0 Å². The maximum absolute atomic E-state index is 3.71. The molecule has 0 bridgehead atoms. The summed E-state index contributed by atoms with van der Waals surface area (Å²) in [5.74, 6) is 0. The van der Waals surface area contributed by atoms with Crippen molar-refractivity contribution in [1.82, 2.24) is 0 Å². The van der Waals surface area contributed by atoms with E-state index >= 15 is 0 Å². The average molecular weight is 223 g/mol. The molecule has 0 nitrogen and oxygen atoms in total. The molecular formula is C11H11Br. The lowest BCUT2D eigenvalue weighted by Crippen LogP contribution is -2.03. The van der Waals surface area contributed by atoms with Crippen molar-refractivity contribution in [2.24, 2.45) is 0 Å². The first-order valence-corrected chi connectivity index (χ1v) is 5.15. The zero-order valence-electron chi connectivity index (χ0n) is 6.83. The van der Waals surface area contributed by atoms with Crippen molar-refractivity contribution >= 4 is 15.9 Å². The minimum absolute atomic E-state index is 0.461. The van der Waals surface area contributed by atoms with Gasteiger partial charge in [-0.3, -0.25) is 0 Å². The maximum atomic E-state index is 3.71. The van der Waals surface area contributed by atoms with E-state index in [4.69, 9.17) is 0 Å². The Labute approximate surface area is 81.5 Å². The van der Waals surface area contributed by atoms with Crippen molar-refractivity contribution in [2.45, 2.75) is 17.7 Å². The fourth-order valence-corrected chi connectivity index (χ4v) is 2.22. The molecule has 0 radical (unpaired) electrons. The quantitative estimate of drug-likeness (QED) is 0.628. The van der Waals surface area contributed by atoms with E-state index in [0.29, 0.717) is 4.83 Å². The van der Waals surface area contributed by atoms with Gasteiger partial charge in [0.15, 0.2) is 0 Å². The maximum Gasteiger partial charge on any atom is 0.0576 e. The van der Waals surface area contributed by atoms with Gasteiger partial charge in [0.2, 0.25) is 0 Å². The summed E-state index contributed by atoms with van der Waals surface area (Å²) < 4.78 is 0. The summed E-state index contributed by atoms with van der Waals surface area (Å²) in [6.45, 7) is 0. The van der Waals surface area contributed by atoms with E-state index in [1.54, 1.807) is 0 Å². The van der Waals surface area contributed by atoms with Gasteiger partial charge in [-0.1, -0.05) is 52.4 Å². The zero-order chi connectivity index (χ0) is 8.39. The molecule has 0 aromatic rings. The van der Waals surface area contributed by atoms with Gasteiger partial charge < -0.3 is 0 Å². The zero-order valence-corrected chi connectivity index (χ0v) is 8.42. The Morgan fingerprint density at radius 3 is 1.83 bits per heavy atom. The molecule has 0 N–H and O–H groups in total. The standard InChI is InChI=1S/C11H11Br/c12-11(9-5-1-2-6-9)10-7-3-4-8-10/h1-5,7,11H,6,8H2. The predicted molar refractivity (Wildman–Crippen MR) is 56.4 cm³/mol. The van der Waals surface area contributed by atoms with Crippen LogP contribution in [0, 0.1) is 0 Å². The van der Waals surface area contributed by atoms with Crippen LogP contribution in [-0.2, 0) is 0 Å². The fraction of sp³-hybridized carbons (Fsp3) is 0.273. The number of hydrogen-bond donors (Lipinski definition) is 0. The molecular weight excluding hydrogens is 212 g/mol. The number of hydrogen-bond acceptors (Lipinski definition) is 0. The Balaban J connectivity index is 2.05. The molecule has 0 saturated heterocycles. The van der Waals surface area contributed by atoms with Gasteiger partial charge >= 0.3 is 0 Å². The van der Waals surface area contributed by atoms with Gasteiger partial charge in [0.05, 0.1) is 4.83 Å². The van der Waals surface area contributed by atoms with Crippen LogP contribution in [0.25, 0.3) is 0 Å². The van der Waals surface area contributed by atoms with Crippen LogP contribution in [0.5, 0.6) is 0 Å². The third-order valence-electron chi connectivity index (χ3n) is 2.25. The van der Waals surface area contributed by atoms with Gasteiger partial charge in [-0.25, -0.2) is 0 Å². The molecule has 0 aliphatic heterocycles. The number of halogens is 1. The molecule has 0 spiro atoms. The van der Waals surface area contributed by atoms with Crippen LogP contribution in [0.15, 0.2) is 47.6 Å². The molecule has 0 unspecified atom stereocenters. The summed E-state index contributed by atoms with van der Waals surface area (Å²) in [7, 11) is 0. The summed E-state index contributed by atoms with van der Waals surface area (Å²) in [5, 5.41) is 0. The van der Waals surface area contributed by atoms with E-state index in [2.05, 4.69) is 52.4 Å². The summed E-state index contributed by atoms with van der Waals surface area (Å²) in [5.41, 5.74) is 2.95. The summed E-state index contributed by atoms with van der Waals surface area (Å²) in [4.78, 5) is 0.461. The van der Waals surface area contributed by atoms with Crippen molar-refractivity contribution in [3.63, 3.8) is 0 Å². The van der Waals surface area contributed by atoms with E-state index in [0.717, 1.165) is 12.8 Å². The first-order chi connectivity index (χ1) is 5.88. The molecule has 0 saturated carbocycles. The first-order valence-electron chi connectivity index (χ1n) is 4.23. The first kappa shape index (κ1) is 8.06. The highest BCUT2D eigenvalue weighted by Crippen LogP contribution is 2.30. The molecule has 0 aromatic heterocycles. The van der Waals surface area contributed by atoms with Gasteiger partial charge in [0.1, 0.15) is 0 Å². The van der Waals surface area contributed by atoms with Crippen molar-refractivity contribution in [3.8, 4) is 0 Å². The fourth-order valence-electron chi connectivity index (χ4n) is 1.54. The molecule has 1 heteroatoms. The normalized spacial score (nSPS) is 20.5. The summed E-state index contributed by atoms with van der Waals surface area (Å²) >= 11 is 3.71. The van der Waals surface area contributed by atoms with Gasteiger partial charge in [-0.05, 0) is 24.0 Å². The van der Waals surface area contributed by atoms with E-state index in [1.165, 1.54) is 11.1 Å². The van der Waals surface area contributed by atoms with Gasteiger partial charge in [-0.2, -0.15) is 0 Å². The molecule has 2 aliphatic rings. The summed E-state index contributed by atoms with van der Waals surface area (Å²) in [6, 6.07) is 0. The molecule has 62 valence electrons. The van der Waals surface area contributed by atoms with E-state index in [9.17, 15) is 0 Å². The van der Waals surface area contributed by atoms with Gasteiger partial charge in [-0.15, -0.1) is 0 Å². The molecule has 2 aliphatic carbocycles. The van der Waals surface area contributed by atoms with Crippen molar-refractivity contribution < 1.29 is 0 Å². The molecule has 0 atom stereocenters. The Bertz CT molecular complexity index is 262. The van der Waals surface area contributed by atoms with Gasteiger partial charge in [0.25, 0.3) is 0 Å². The van der Waals surface area contributed by atoms with Gasteiger partial charge in [0, 0.05) is 0 Å². The molecule has 0 fully saturated rings. The summed E-state index contributed by atoms with van der Waals surface area (Å²) in [6.07, 6.45) is 15.3. The highest BCUT2D eigenvalue weighted by atomic mass is 79.9. The van der Waals surface area contributed by atoms with Crippen molar-refractivity contribution in [2.75, 3.05) is 0 Å². The second kappa shape index (κ2) is 3.44. The lowest BCUT2D eigenvalue weighted by Gasteiger charge is -2.11. The minimum Gasteiger partial charge on any atom is -0.0804 e. The molecule has 0 aromatic carbocycles. The van der Waals surface area contributed by atoms with Crippen LogP contribution in [0.1, 0.15) is 12.8 Å². The Hall–Kier alpha value is -0.560. The smallest absolute Gasteiger partial charge is 0.0576 e. The second-order valence-electron chi connectivity index (χ2n) is 3.11. The second-order valence-corrected chi connectivity index (χ2v) is 4.03. The van der Waals surface area contributed by atoms with E-state index < -0.39 is 0 Å². The molecule has 0 heterocycles. The topological polar surface area (TPSA) is 0 Å². The predicted octanol–water partition coefficient (Wildman–Crippen LogP) is 3.52. The third-order valence-corrected chi connectivity index (χ3v) is 3.43. The Kier molecular flexibility index (Phi) is 2.31. The van der Waals surface area contributed by atoms with Crippen LogP contribution >= 0.6 is 15.9 Å². The van der Waals surface area contributed by atoms with Crippen molar-refractivity contribution in [3.05, 3.63) is 47.6 Å². The van der Waals surface area contributed by atoms with Crippen LogP contribution < -0.4 is 0 Å². The largest absolute Gasteiger partial charge is 0.0804 e. The van der Waals surface area contributed by atoms with Crippen LogP contribution in [-0.4, -0.2) is 4.83 Å². The van der Waals surface area contributed by atoms with Crippen LogP contribution in [0.4, 0.5) is 0 Å². The number of alkyl halides is 1. The average Bonchev–Trinajstić information content (AvgIpc) is 2.77. The van der Waals surface area contributed by atoms with Crippen LogP contribution in [0.2, 0.25) is 0 Å². The molecule has 0 amide bonds. The number of allylic oxidation sites excluding steroid dienone is 8. The third kappa shape index (κ3) is 1.46.